The molecule has 0 bridgehead atoms. The van der Waals surface area contributed by atoms with E-state index in [-0.39, 0.29) is 5.91 Å². The van der Waals surface area contributed by atoms with Crippen LogP contribution in [0.4, 0.5) is 21.9 Å². The number of carbonyl (C=O) groups excluding carboxylic acids is 2. The lowest BCUT2D eigenvalue weighted by Gasteiger charge is -2.14. The predicted molar refractivity (Wildman–Crippen MR) is 153 cm³/mol. The number of benzene rings is 3. The van der Waals surface area contributed by atoms with Crippen molar-refractivity contribution in [2.75, 3.05) is 37.3 Å². The Labute approximate surface area is 237 Å². The largest absolute Gasteiger partial charge is 0.493 e. The summed E-state index contributed by atoms with van der Waals surface area (Å²) in [6.07, 6.45) is 3.09. The number of ether oxygens (including phenoxy) is 3. The van der Waals surface area contributed by atoms with E-state index in [1.165, 1.54) is 32.2 Å². The highest BCUT2D eigenvalue weighted by molar-refractivity contribution is 7.00. The van der Waals surface area contributed by atoms with Crippen molar-refractivity contribution in [1.82, 2.24) is 18.5 Å². The summed E-state index contributed by atoms with van der Waals surface area (Å²) >= 11 is 7.28. The lowest BCUT2D eigenvalue weighted by molar-refractivity contribution is 0.102. The fourth-order valence-electron chi connectivity index (χ4n) is 3.90. The second-order valence-corrected chi connectivity index (χ2v) is 9.16. The van der Waals surface area contributed by atoms with Crippen LogP contribution >= 0.6 is 23.3 Å². The molecule has 3 aromatic carbocycles. The molecule has 0 fully saturated rings. The van der Waals surface area contributed by atoms with Gasteiger partial charge < -0.3 is 30.2 Å². The summed E-state index contributed by atoms with van der Waals surface area (Å²) in [7, 11) is 4.50. The molecule has 14 heteroatoms. The third-order valence-electron chi connectivity index (χ3n) is 5.75. The average molecular weight is 580 g/mol. The number of fused-ring (bicyclic) bond motifs is 1. The third-order valence-corrected chi connectivity index (χ3v) is 6.61. The molecule has 0 atom stereocenters. The van der Waals surface area contributed by atoms with Gasteiger partial charge in [0.05, 0.1) is 67.5 Å². The van der Waals surface area contributed by atoms with Crippen molar-refractivity contribution in [1.29, 1.82) is 0 Å². The van der Waals surface area contributed by atoms with Gasteiger partial charge in [0.1, 0.15) is 11.0 Å². The van der Waals surface area contributed by atoms with E-state index in [1.54, 1.807) is 54.7 Å². The maximum atomic E-state index is 13.0. The molecular formula is C26H22ClN7O5S. The van der Waals surface area contributed by atoms with E-state index in [9.17, 15) is 9.59 Å². The first kappa shape index (κ1) is 26.7. The quantitative estimate of drug-likeness (QED) is 0.220. The van der Waals surface area contributed by atoms with Gasteiger partial charge in [0, 0.05) is 23.4 Å². The summed E-state index contributed by atoms with van der Waals surface area (Å²) in [6, 6.07) is 13.0. The standard InChI is InChI=1S/C26H22ClN7O5S/c1-37-20-10-15(11-21(38-2)24(20)39-3)29-25(35)14-5-4-6-17(9-14)34-13-16(12-28-34)30-26(36)31-22-18(27)7-8-19-23(22)33-40-32-19/h4-13H,1-3H3,(H,29,35)(H2,30,31,36). The Bertz CT molecular complexity index is 1700. The molecule has 0 aliphatic heterocycles. The van der Waals surface area contributed by atoms with Crippen LogP contribution in [-0.2, 0) is 0 Å². The molecule has 0 aliphatic rings. The van der Waals surface area contributed by atoms with E-state index in [2.05, 4.69) is 29.8 Å². The van der Waals surface area contributed by atoms with Crippen LogP contribution in [0.1, 0.15) is 10.4 Å². The Morgan fingerprint density at radius 2 is 1.68 bits per heavy atom. The Morgan fingerprint density at radius 3 is 2.40 bits per heavy atom. The van der Waals surface area contributed by atoms with Crippen LogP contribution in [-0.4, -0.2) is 51.8 Å². The molecule has 40 heavy (non-hydrogen) atoms. The molecule has 0 radical (unpaired) electrons. The van der Waals surface area contributed by atoms with Gasteiger partial charge >= 0.3 is 6.03 Å². The topological polar surface area (TPSA) is 142 Å². The highest BCUT2D eigenvalue weighted by atomic mass is 35.5. The summed E-state index contributed by atoms with van der Waals surface area (Å²) in [5, 5.41) is 12.9. The number of methoxy groups -OCH3 is 3. The summed E-state index contributed by atoms with van der Waals surface area (Å²) < 4.78 is 25.9. The first-order valence-electron chi connectivity index (χ1n) is 11.7. The Kier molecular flexibility index (Phi) is 7.66. The van der Waals surface area contributed by atoms with Gasteiger partial charge in [-0.1, -0.05) is 17.7 Å². The van der Waals surface area contributed by atoms with Crippen molar-refractivity contribution >= 4 is 63.4 Å². The zero-order chi connectivity index (χ0) is 28.2. The summed E-state index contributed by atoms with van der Waals surface area (Å²) in [5.41, 5.74) is 3.37. The molecule has 3 amide bonds. The molecule has 0 aliphatic carbocycles. The molecule has 5 aromatic rings. The molecule has 0 saturated heterocycles. The highest BCUT2D eigenvalue weighted by Gasteiger charge is 2.17. The lowest BCUT2D eigenvalue weighted by Crippen LogP contribution is -2.19. The average Bonchev–Trinajstić information content (AvgIpc) is 3.64. The Morgan fingerprint density at radius 1 is 0.900 bits per heavy atom. The highest BCUT2D eigenvalue weighted by Crippen LogP contribution is 2.40. The van der Waals surface area contributed by atoms with Crippen molar-refractivity contribution in [2.45, 2.75) is 0 Å². The maximum Gasteiger partial charge on any atom is 0.323 e. The van der Waals surface area contributed by atoms with Gasteiger partial charge in [0.25, 0.3) is 5.91 Å². The smallest absolute Gasteiger partial charge is 0.323 e. The number of halogens is 1. The van der Waals surface area contributed by atoms with Gasteiger partial charge in [-0.15, -0.1) is 0 Å². The zero-order valence-corrected chi connectivity index (χ0v) is 23.0. The third kappa shape index (κ3) is 5.46. The van der Waals surface area contributed by atoms with Crippen LogP contribution in [0.2, 0.25) is 5.02 Å². The fourth-order valence-corrected chi connectivity index (χ4v) is 4.64. The maximum absolute atomic E-state index is 13.0. The van der Waals surface area contributed by atoms with Crippen LogP contribution in [0.3, 0.4) is 0 Å². The molecule has 2 aromatic heterocycles. The molecule has 3 N–H and O–H groups in total. The Balaban J connectivity index is 1.29. The van der Waals surface area contributed by atoms with E-state index >= 15 is 0 Å². The number of nitrogens with zero attached hydrogens (tertiary/aromatic N) is 4. The van der Waals surface area contributed by atoms with E-state index < -0.39 is 6.03 Å². The molecule has 2 heterocycles. The van der Waals surface area contributed by atoms with E-state index in [0.29, 0.717) is 61.6 Å². The van der Waals surface area contributed by atoms with E-state index in [1.807, 2.05) is 0 Å². The summed E-state index contributed by atoms with van der Waals surface area (Å²) in [6.45, 7) is 0. The van der Waals surface area contributed by atoms with Crippen LogP contribution < -0.4 is 30.2 Å². The number of anilines is 3. The number of carbonyl (C=O) groups is 2. The van der Waals surface area contributed by atoms with E-state index in [0.717, 1.165) is 11.7 Å². The second kappa shape index (κ2) is 11.5. The van der Waals surface area contributed by atoms with Gasteiger partial charge in [-0.05, 0) is 30.3 Å². The molecule has 204 valence electrons. The number of hydrogen-bond donors (Lipinski definition) is 3. The molecular weight excluding hydrogens is 558 g/mol. The van der Waals surface area contributed by atoms with Crippen molar-refractivity contribution in [3.8, 4) is 22.9 Å². The van der Waals surface area contributed by atoms with Gasteiger partial charge in [0.15, 0.2) is 11.5 Å². The van der Waals surface area contributed by atoms with Gasteiger partial charge in [-0.3, -0.25) is 4.79 Å². The first-order valence-corrected chi connectivity index (χ1v) is 12.8. The number of nitrogens with one attached hydrogen (secondary N) is 3. The summed E-state index contributed by atoms with van der Waals surface area (Å²) in [4.78, 5) is 25.7. The van der Waals surface area contributed by atoms with Crippen LogP contribution in [0.25, 0.3) is 16.7 Å². The van der Waals surface area contributed by atoms with Crippen LogP contribution in [0.15, 0.2) is 60.9 Å². The van der Waals surface area contributed by atoms with Gasteiger partial charge in [0.2, 0.25) is 5.75 Å². The molecule has 12 nitrogen and oxygen atoms in total. The van der Waals surface area contributed by atoms with Crippen LogP contribution in [0.5, 0.6) is 17.2 Å². The van der Waals surface area contributed by atoms with Crippen molar-refractivity contribution in [3.63, 3.8) is 0 Å². The minimum atomic E-state index is -0.527. The SMILES string of the molecule is COc1cc(NC(=O)c2cccc(-n3cc(NC(=O)Nc4c(Cl)ccc5nsnc45)cn3)c2)cc(OC)c1OC. The van der Waals surface area contributed by atoms with Crippen molar-refractivity contribution in [3.05, 3.63) is 71.5 Å². The predicted octanol–water partition coefficient (Wildman–Crippen LogP) is 5.45. The van der Waals surface area contributed by atoms with E-state index in [4.69, 9.17) is 25.8 Å². The molecule has 0 spiro atoms. The fraction of sp³-hybridized carbons (Fsp3) is 0.115. The van der Waals surface area contributed by atoms with Gasteiger partial charge in [-0.25, -0.2) is 9.48 Å². The number of rotatable bonds is 8. The lowest BCUT2D eigenvalue weighted by atomic mass is 10.1. The minimum absolute atomic E-state index is 0.340. The summed E-state index contributed by atoms with van der Waals surface area (Å²) in [5.74, 6) is 0.882. The number of amides is 3. The minimum Gasteiger partial charge on any atom is -0.493 e. The van der Waals surface area contributed by atoms with Gasteiger partial charge in [-0.2, -0.15) is 13.8 Å². The Hall–Kier alpha value is -4.88. The molecule has 0 unspecified atom stereocenters. The normalized spacial score (nSPS) is 10.7. The zero-order valence-electron chi connectivity index (χ0n) is 21.4. The molecule has 0 saturated carbocycles. The number of urea groups is 1. The molecule has 5 rings (SSSR count). The van der Waals surface area contributed by atoms with Crippen molar-refractivity contribution in [2.24, 2.45) is 0 Å². The van der Waals surface area contributed by atoms with Crippen LogP contribution in [0, 0.1) is 0 Å². The number of aromatic nitrogens is 4. The second-order valence-electron chi connectivity index (χ2n) is 8.23. The van der Waals surface area contributed by atoms with Crippen molar-refractivity contribution < 1.29 is 23.8 Å². The first-order chi connectivity index (χ1) is 19.4. The number of hydrogen-bond acceptors (Lipinski definition) is 9. The monoisotopic (exact) mass is 579 g/mol.